The van der Waals surface area contributed by atoms with Gasteiger partial charge >= 0.3 is 0 Å². The van der Waals surface area contributed by atoms with E-state index in [2.05, 4.69) is 32.9 Å². The predicted molar refractivity (Wildman–Crippen MR) is 121 cm³/mol. The number of rotatable bonds is 5. The van der Waals surface area contributed by atoms with Gasteiger partial charge in [0, 0.05) is 22.2 Å². The van der Waals surface area contributed by atoms with Crippen LogP contribution in [0.25, 0.3) is 0 Å². The Balaban J connectivity index is 1.78. The molecule has 0 saturated carbocycles. The Morgan fingerprint density at radius 3 is 2.54 bits per heavy atom. The van der Waals surface area contributed by atoms with Crippen LogP contribution in [0.4, 0.5) is 11.4 Å². The zero-order valence-corrected chi connectivity index (χ0v) is 18.5. The van der Waals surface area contributed by atoms with Crippen LogP contribution >= 0.6 is 34.4 Å². The molecule has 1 atom stereocenters. The highest BCUT2D eigenvalue weighted by Crippen LogP contribution is 2.30. The maximum Gasteiger partial charge on any atom is 0.238 e. The lowest BCUT2D eigenvalue weighted by molar-refractivity contribution is -0.129. The van der Waals surface area contributed by atoms with Gasteiger partial charge in [-0.05, 0) is 78.0 Å². The zero-order valence-electron chi connectivity index (χ0n) is 15.5. The quantitative estimate of drug-likeness (QED) is 0.611. The molecule has 0 bridgehead atoms. The first-order chi connectivity index (χ1) is 13.5. The second-order valence-corrected chi connectivity index (χ2v) is 8.45. The maximum absolute atomic E-state index is 12.7. The largest absolute Gasteiger partial charge is 0.497 e. The van der Waals surface area contributed by atoms with Crippen molar-refractivity contribution in [2.45, 2.75) is 18.6 Å². The third-order valence-corrected chi connectivity index (χ3v) is 6.06. The lowest BCUT2D eigenvalue weighted by Crippen LogP contribution is -2.45. The second kappa shape index (κ2) is 9.42. The summed E-state index contributed by atoms with van der Waals surface area (Å²) in [6.45, 7) is 2.40. The molecule has 1 unspecified atom stereocenters. The van der Waals surface area contributed by atoms with Gasteiger partial charge in [-0.3, -0.25) is 14.5 Å². The molecule has 0 aliphatic carbocycles. The van der Waals surface area contributed by atoms with Crippen LogP contribution < -0.4 is 10.1 Å². The van der Waals surface area contributed by atoms with Crippen LogP contribution in [0.15, 0.2) is 53.5 Å². The maximum atomic E-state index is 12.7. The summed E-state index contributed by atoms with van der Waals surface area (Å²) in [5.41, 5.74) is 1.42. The molecule has 0 spiro atoms. The van der Waals surface area contributed by atoms with E-state index >= 15 is 0 Å². The fourth-order valence-electron chi connectivity index (χ4n) is 2.68. The number of aliphatic imine (C=N–C) groups is 1. The molecule has 3 rings (SSSR count). The summed E-state index contributed by atoms with van der Waals surface area (Å²) < 4.78 is 6.25. The Morgan fingerprint density at radius 2 is 1.93 bits per heavy atom. The predicted octanol–water partition coefficient (Wildman–Crippen LogP) is 4.28. The highest BCUT2D eigenvalue weighted by atomic mass is 127. The second-order valence-electron chi connectivity index (χ2n) is 6.04. The van der Waals surface area contributed by atoms with Crippen molar-refractivity contribution in [3.8, 4) is 5.75 Å². The Labute approximate surface area is 181 Å². The number of methoxy groups -OCH3 is 1. The normalized spacial score (nSPS) is 18.2. The van der Waals surface area contributed by atoms with E-state index in [1.165, 1.54) is 11.8 Å². The molecule has 0 radical (unpaired) electrons. The average molecular weight is 509 g/mol. The van der Waals surface area contributed by atoms with Crippen molar-refractivity contribution >= 4 is 62.7 Å². The smallest absolute Gasteiger partial charge is 0.238 e. The van der Waals surface area contributed by atoms with E-state index < -0.39 is 5.25 Å². The molecule has 2 aromatic rings. The van der Waals surface area contributed by atoms with Crippen molar-refractivity contribution in [3.63, 3.8) is 0 Å². The van der Waals surface area contributed by atoms with Crippen LogP contribution in [-0.4, -0.2) is 40.8 Å². The van der Waals surface area contributed by atoms with E-state index in [1.54, 1.807) is 12.0 Å². The highest BCUT2D eigenvalue weighted by Gasteiger charge is 2.35. The van der Waals surface area contributed by atoms with Gasteiger partial charge in [0.1, 0.15) is 11.0 Å². The monoisotopic (exact) mass is 509 g/mol. The molecular weight excluding hydrogens is 489 g/mol. The standard InChI is InChI=1S/C20H20IN3O3S/c1-3-24-18(25)12-17(19(26)22-14-6-4-13(21)5-7-14)28-20(24)23-15-8-10-16(27-2)11-9-15/h4-11,17H,3,12H2,1-2H3,(H,22,26). The van der Waals surface area contributed by atoms with Crippen molar-refractivity contribution in [2.24, 2.45) is 4.99 Å². The van der Waals surface area contributed by atoms with E-state index in [0.29, 0.717) is 23.1 Å². The molecular formula is C20H20IN3O3S. The van der Waals surface area contributed by atoms with Crippen molar-refractivity contribution in [1.29, 1.82) is 0 Å². The van der Waals surface area contributed by atoms with Gasteiger partial charge in [-0.15, -0.1) is 0 Å². The molecule has 8 heteroatoms. The topological polar surface area (TPSA) is 71.0 Å². The number of nitrogens with zero attached hydrogens (tertiary/aromatic N) is 2. The number of halogens is 1. The summed E-state index contributed by atoms with van der Waals surface area (Å²) >= 11 is 3.52. The van der Waals surface area contributed by atoms with Gasteiger partial charge in [-0.1, -0.05) is 11.8 Å². The first-order valence-corrected chi connectivity index (χ1v) is 10.7. The van der Waals surface area contributed by atoms with Crippen LogP contribution in [-0.2, 0) is 9.59 Å². The van der Waals surface area contributed by atoms with Gasteiger partial charge in [-0.25, -0.2) is 4.99 Å². The van der Waals surface area contributed by atoms with Crippen molar-refractivity contribution < 1.29 is 14.3 Å². The van der Waals surface area contributed by atoms with E-state index in [0.717, 1.165) is 9.32 Å². The van der Waals surface area contributed by atoms with Crippen LogP contribution in [0, 0.1) is 3.57 Å². The number of ether oxygens (including phenoxy) is 1. The van der Waals surface area contributed by atoms with Gasteiger partial charge in [0.05, 0.1) is 12.8 Å². The fraction of sp³-hybridized carbons (Fsp3) is 0.250. The summed E-state index contributed by atoms with van der Waals surface area (Å²) in [7, 11) is 1.60. The van der Waals surface area contributed by atoms with E-state index in [-0.39, 0.29) is 18.2 Å². The van der Waals surface area contributed by atoms with Gasteiger partial charge in [-0.2, -0.15) is 0 Å². The molecule has 28 heavy (non-hydrogen) atoms. The van der Waals surface area contributed by atoms with Crippen LogP contribution in [0.1, 0.15) is 13.3 Å². The van der Waals surface area contributed by atoms with Crippen molar-refractivity contribution in [1.82, 2.24) is 4.90 Å². The number of thioether (sulfide) groups is 1. The van der Waals surface area contributed by atoms with Crippen LogP contribution in [0.3, 0.4) is 0 Å². The average Bonchev–Trinajstić information content (AvgIpc) is 2.70. The number of benzene rings is 2. The Morgan fingerprint density at radius 1 is 1.25 bits per heavy atom. The summed E-state index contributed by atoms with van der Waals surface area (Å²) in [5, 5.41) is 2.90. The molecule has 146 valence electrons. The number of amides is 2. The summed E-state index contributed by atoms with van der Waals surface area (Å²) in [6.07, 6.45) is 0.149. The fourth-order valence-corrected chi connectivity index (χ4v) is 4.20. The molecule has 0 aromatic heterocycles. The molecule has 1 fully saturated rings. The lowest BCUT2D eigenvalue weighted by Gasteiger charge is -2.30. The molecule has 1 N–H and O–H groups in total. The third kappa shape index (κ3) is 5.05. The minimum absolute atomic E-state index is 0.101. The van der Waals surface area contributed by atoms with Crippen molar-refractivity contribution in [3.05, 3.63) is 52.1 Å². The number of nitrogens with one attached hydrogen (secondary N) is 1. The molecule has 6 nitrogen and oxygen atoms in total. The Bertz CT molecular complexity index is 885. The number of anilines is 1. The molecule has 2 aromatic carbocycles. The Hall–Kier alpha value is -2.07. The van der Waals surface area contributed by atoms with E-state index in [4.69, 9.17) is 4.74 Å². The minimum atomic E-state index is -0.522. The SMILES string of the molecule is CCN1C(=O)CC(C(=O)Nc2ccc(I)cc2)SC1=Nc1ccc(OC)cc1. The first kappa shape index (κ1) is 20.7. The molecule has 2 amide bonds. The number of amidine groups is 1. The molecule has 1 aliphatic rings. The summed E-state index contributed by atoms with van der Waals surface area (Å²) in [5.74, 6) is 0.437. The minimum Gasteiger partial charge on any atom is -0.497 e. The van der Waals surface area contributed by atoms with Gasteiger partial charge in [0.25, 0.3) is 0 Å². The number of carbonyl (C=O) groups is 2. The van der Waals surface area contributed by atoms with Gasteiger partial charge in [0.15, 0.2) is 5.17 Å². The molecule has 1 heterocycles. The number of hydrogen-bond donors (Lipinski definition) is 1. The van der Waals surface area contributed by atoms with Gasteiger partial charge < -0.3 is 10.1 Å². The molecule has 1 aliphatic heterocycles. The zero-order chi connectivity index (χ0) is 20.1. The number of hydrogen-bond acceptors (Lipinski definition) is 5. The lowest BCUT2D eigenvalue weighted by atomic mass is 10.2. The van der Waals surface area contributed by atoms with Gasteiger partial charge in [0.2, 0.25) is 11.8 Å². The van der Waals surface area contributed by atoms with Crippen LogP contribution in [0.5, 0.6) is 5.75 Å². The Kier molecular flexibility index (Phi) is 6.95. The third-order valence-electron chi connectivity index (χ3n) is 4.16. The highest BCUT2D eigenvalue weighted by molar-refractivity contribution is 14.1. The van der Waals surface area contributed by atoms with Crippen LogP contribution in [0.2, 0.25) is 0 Å². The first-order valence-electron chi connectivity index (χ1n) is 8.76. The van der Waals surface area contributed by atoms with E-state index in [9.17, 15) is 9.59 Å². The molecule has 1 saturated heterocycles. The van der Waals surface area contributed by atoms with E-state index in [1.807, 2.05) is 55.5 Å². The van der Waals surface area contributed by atoms with Crippen molar-refractivity contribution in [2.75, 3.05) is 19.0 Å². The summed E-state index contributed by atoms with van der Waals surface area (Å²) in [4.78, 5) is 31.5. The number of carbonyl (C=O) groups excluding carboxylic acids is 2. The summed E-state index contributed by atoms with van der Waals surface area (Å²) in [6, 6.07) is 14.8.